The van der Waals surface area contributed by atoms with Crippen LogP contribution >= 0.6 is 0 Å². The molecule has 0 saturated carbocycles. The first kappa shape index (κ1) is 14.9. The number of hydrogen-bond donors (Lipinski definition) is 2. The quantitative estimate of drug-likeness (QED) is 0.759. The molecule has 0 atom stereocenters. The number of pyridine rings is 1. The molecule has 3 aromatic rings. The lowest BCUT2D eigenvalue weighted by Crippen LogP contribution is -2.12. The lowest BCUT2D eigenvalue weighted by molar-refractivity contribution is 0.102. The highest BCUT2D eigenvalue weighted by Crippen LogP contribution is 2.23. The number of ether oxygens (including phenoxy) is 1. The summed E-state index contributed by atoms with van der Waals surface area (Å²) in [5.74, 6) is -0.201. The predicted molar refractivity (Wildman–Crippen MR) is 86.9 cm³/mol. The van der Waals surface area contributed by atoms with Crippen molar-refractivity contribution < 1.29 is 9.53 Å². The highest BCUT2D eigenvalue weighted by Gasteiger charge is 2.13. The topological polar surface area (TPSA) is 79.9 Å². The summed E-state index contributed by atoms with van der Waals surface area (Å²) in [5.41, 5.74) is 3.57. The largest absolute Gasteiger partial charge is 0.380 e. The molecule has 0 unspecified atom stereocenters. The Morgan fingerprint density at radius 2 is 2.04 bits per heavy atom. The van der Waals surface area contributed by atoms with Crippen LogP contribution in [0.15, 0.2) is 54.9 Å². The Morgan fingerprint density at radius 3 is 2.74 bits per heavy atom. The van der Waals surface area contributed by atoms with Crippen LogP contribution in [-0.2, 0) is 11.3 Å². The van der Waals surface area contributed by atoms with E-state index in [2.05, 4.69) is 20.5 Å². The van der Waals surface area contributed by atoms with Gasteiger partial charge in [0.25, 0.3) is 5.91 Å². The zero-order valence-corrected chi connectivity index (χ0v) is 12.6. The molecule has 0 fully saturated rings. The molecule has 0 radical (unpaired) electrons. The average molecular weight is 308 g/mol. The number of amides is 1. The van der Waals surface area contributed by atoms with Crippen molar-refractivity contribution in [3.05, 3.63) is 66.0 Å². The maximum atomic E-state index is 12.4. The highest BCUT2D eigenvalue weighted by atomic mass is 16.5. The van der Waals surface area contributed by atoms with Crippen molar-refractivity contribution in [1.29, 1.82) is 0 Å². The van der Waals surface area contributed by atoms with Crippen molar-refractivity contribution in [3.8, 4) is 11.4 Å². The van der Waals surface area contributed by atoms with Gasteiger partial charge in [0.2, 0.25) is 0 Å². The van der Waals surface area contributed by atoms with E-state index in [1.165, 1.54) is 0 Å². The highest BCUT2D eigenvalue weighted by molar-refractivity contribution is 6.05. The van der Waals surface area contributed by atoms with E-state index < -0.39 is 0 Å². The molecule has 0 bridgehead atoms. The standard InChI is InChI=1S/C17H16N4O2/c1-23-11-12-5-7-13(8-6-12)17(22)20-15-10-19-21-16(15)14-4-2-3-9-18-14/h2-10H,11H2,1H3,(H,19,21)(H,20,22). The van der Waals surface area contributed by atoms with Gasteiger partial charge in [-0.1, -0.05) is 18.2 Å². The van der Waals surface area contributed by atoms with E-state index in [1.54, 1.807) is 31.6 Å². The molecule has 0 aliphatic rings. The second-order valence-corrected chi connectivity index (χ2v) is 4.96. The number of carbonyl (C=O) groups excluding carboxylic acids is 1. The molecular weight excluding hydrogens is 292 g/mol. The summed E-state index contributed by atoms with van der Waals surface area (Å²) in [6.45, 7) is 0.521. The van der Waals surface area contributed by atoms with Crippen LogP contribution in [0.5, 0.6) is 0 Å². The maximum Gasteiger partial charge on any atom is 0.255 e. The van der Waals surface area contributed by atoms with Gasteiger partial charge in [-0.05, 0) is 29.8 Å². The van der Waals surface area contributed by atoms with Crippen LogP contribution < -0.4 is 5.32 Å². The number of benzene rings is 1. The SMILES string of the molecule is COCc1ccc(C(=O)Nc2cn[nH]c2-c2ccccn2)cc1. The monoisotopic (exact) mass is 308 g/mol. The van der Waals surface area contributed by atoms with Gasteiger partial charge in [0, 0.05) is 18.9 Å². The molecule has 0 aliphatic carbocycles. The zero-order valence-electron chi connectivity index (χ0n) is 12.6. The van der Waals surface area contributed by atoms with Crippen molar-refractivity contribution >= 4 is 11.6 Å². The molecule has 2 N–H and O–H groups in total. The molecule has 2 heterocycles. The molecule has 6 nitrogen and oxygen atoms in total. The number of anilines is 1. The van der Waals surface area contributed by atoms with E-state index in [1.807, 2.05) is 30.3 Å². The van der Waals surface area contributed by atoms with E-state index in [-0.39, 0.29) is 5.91 Å². The fourth-order valence-corrected chi connectivity index (χ4v) is 2.20. The summed E-state index contributed by atoms with van der Waals surface area (Å²) < 4.78 is 5.06. The molecular formula is C17H16N4O2. The lowest BCUT2D eigenvalue weighted by Gasteiger charge is -2.06. The van der Waals surface area contributed by atoms with Gasteiger partial charge in [-0.15, -0.1) is 0 Å². The molecule has 0 saturated heterocycles. The summed E-state index contributed by atoms with van der Waals surface area (Å²) in [5, 5.41) is 9.70. The number of aromatic nitrogens is 3. The average Bonchev–Trinajstić information content (AvgIpc) is 3.05. The number of H-pyrrole nitrogens is 1. The third-order valence-electron chi connectivity index (χ3n) is 3.34. The van der Waals surface area contributed by atoms with Gasteiger partial charge in [0.1, 0.15) is 5.69 Å². The predicted octanol–water partition coefficient (Wildman–Crippen LogP) is 2.87. The number of hydrogen-bond acceptors (Lipinski definition) is 4. The summed E-state index contributed by atoms with van der Waals surface area (Å²) >= 11 is 0. The van der Waals surface area contributed by atoms with E-state index in [0.717, 1.165) is 11.3 Å². The van der Waals surface area contributed by atoms with Crippen molar-refractivity contribution in [2.75, 3.05) is 12.4 Å². The third-order valence-corrected chi connectivity index (χ3v) is 3.34. The third kappa shape index (κ3) is 3.44. The number of rotatable bonds is 5. The Bertz CT molecular complexity index is 782. The van der Waals surface area contributed by atoms with Crippen LogP contribution in [0.2, 0.25) is 0 Å². The van der Waals surface area contributed by atoms with Crippen LogP contribution in [0, 0.1) is 0 Å². The van der Waals surface area contributed by atoms with Gasteiger partial charge in [0.05, 0.1) is 24.2 Å². The Balaban J connectivity index is 1.77. The Kier molecular flexibility index (Phi) is 4.44. The second-order valence-electron chi connectivity index (χ2n) is 4.96. The minimum absolute atomic E-state index is 0.201. The number of methoxy groups -OCH3 is 1. The van der Waals surface area contributed by atoms with E-state index in [9.17, 15) is 4.79 Å². The molecule has 0 aliphatic heterocycles. The van der Waals surface area contributed by atoms with E-state index >= 15 is 0 Å². The normalized spacial score (nSPS) is 10.5. The lowest BCUT2D eigenvalue weighted by atomic mass is 10.1. The van der Waals surface area contributed by atoms with Crippen LogP contribution in [0.25, 0.3) is 11.4 Å². The molecule has 23 heavy (non-hydrogen) atoms. The molecule has 1 amide bonds. The summed E-state index contributed by atoms with van der Waals surface area (Å²) in [4.78, 5) is 16.6. The Morgan fingerprint density at radius 1 is 1.22 bits per heavy atom. The summed E-state index contributed by atoms with van der Waals surface area (Å²) in [7, 11) is 1.64. The molecule has 116 valence electrons. The van der Waals surface area contributed by atoms with E-state index in [0.29, 0.717) is 23.6 Å². The van der Waals surface area contributed by atoms with Crippen molar-refractivity contribution in [2.24, 2.45) is 0 Å². The molecule has 0 spiro atoms. The van der Waals surface area contributed by atoms with Gasteiger partial charge in [0.15, 0.2) is 0 Å². The van der Waals surface area contributed by atoms with Crippen molar-refractivity contribution in [2.45, 2.75) is 6.61 Å². The smallest absolute Gasteiger partial charge is 0.255 e. The van der Waals surface area contributed by atoms with Crippen LogP contribution in [0.3, 0.4) is 0 Å². The molecule has 6 heteroatoms. The fraction of sp³-hybridized carbons (Fsp3) is 0.118. The minimum Gasteiger partial charge on any atom is -0.380 e. The van der Waals surface area contributed by atoms with E-state index in [4.69, 9.17) is 4.74 Å². The minimum atomic E-state index is -0.201. The number of aromatic amines is 1. The maximum absolute atomic E-state index is 12.4. The second kappa shape index (κ2) is 6.85. The summed E-state index contributed by atoms with van der Waals surface area (Å²) in [6.07, 6.45) is 3.26. The number of nitrogens with zero attached hydrogens (tertiary/aromatic N) is 2. The first-order valence-corrected chi connectivity index (χ1v) is 7.12. The Labute approximate surface area is 133 Å². The van der Waals surface area contributed by atoms with Gasteiger partial charge >= 0.3 is 0 Å². The Hall–Kier alpha value is -2.99. The summed E-state index contributed by atoms with van der Waals surface area (Å²) in [6, 6.07) is 12.8. The zero-order chi connectivity index (χ0) is 16.1. The van der Waals surface area contributed by atoms with Crippen molar-refractivity contribution in [1.82, 2.24) is 15.2 Å². The molecule has 1 aromatic carbocycles. The van der Waals surface area contributed by atoms with Gasteiger partial charge in [-0.3, -0.25) is 14.9 Å². The van der Waals surface area contributed by atoms with Crippen LogP contribution in [0.4, 0.5) is 5.69 Å². The van der Waals surface area contributed by atoms with Gasteiger partial charge in [-0.2, -0.15) is 5.10 Å². The first-order chi connectivity index (χ1) is 11.3. The van der Waals surface area contributed by atoms with Crippen molar-refractivity contribution in [3.63, 3.8) is 0 Å². The van der Waals surface area contributed by atoms with Gasteiger partial charge in [-0.25, -0.2) is 0 Å². The number of carbonyl (C=O) groups is 1. The van der Waals surface area contributed by atoms with Crippen LogP contribution in [0.1, 0.15) is 15.9 Å². The van der Waals surface area contributed by atoms with Gasteiger partial charge < -0.3 is 10.1 Å². The fourth-order valence-electron chi connectivity index (χ4n) is 2.20. The molecule has 3 rings (SSSR count). The first-order valence-electron chi connectivity index (χ1n) is 7.12. The molecule has 2 aromatic heterocycles. The van der Waals surface area contributed by atoms with Crippen LogP contribution in [-0.4, -0.2) is 28.2 Å². The number of nitrogens with one attached hydrogen (secondary N) is 2.